The molecule has 6 nitrogen and oxygen atoms in total. The maximum atomic E-state index is 13.1. The third kappa shape index (κ3) is 4.36. The Morgan fingerprint density at radius 2 is 1.96 bits per heavy atom. The number of nitrogen functional groups attached to an aromatic ring is 1. The molecule has 2 amide bonds. The fourth-order valence-electron chi connectivity index (χ4n) is 3.15. The Kier molecular flexibility index (Phi) is 5.96. The number of nitrogens with two attached hydrogens (primary N) is 1. The van der Waals surface area contributed by atoms with E-state index in [-0.39, 0.29) is 16.7 Å². The van der Waals surface area contributed by atoms with Crippen LogP contribution in [0.25, 0.3) is 0 Å². The van der Waals surface area contributed by atoms with Crippen LogP contribution in [0.15, 0.2) is 18.2 Å². The summed E-state index contributed by atoms with van der Waals surface area (Å²) >= 11 is 5.99. The molecule has 1 heterocycles. The van der Waals surface area contributed by atoms with Gasteiger partial charge in [0.25, 0.3) is 5.91 Å². The van der Waals surface area contributed by atoms with E-state index in [4.69, 9.17) is 17.3 Å². The summed E-state index contributed by atoms with van der Waals surface area (Å²) in [6.07, 6.45) is 1.45. The number of ketones is 1. The third-order valence-corrected chi connectivity index (χ3v) is 4.98. The van der Waals surface area contributed by atoms with Crippen LogP contribution in [0.3, 0.4) is 0 Å². The van der Waals surface area contributed by atoms with Gasteiger partial charge in [0.15, 0.2) is 5.78 Å². The van der Waals surface area contributed by atoms with Gasteiger partial charge in [-0.3, -0.25) is 14.4 Å². The Hall–Kier alpha value is -2.08. The topological polar surface area (TPSA) is 92.5 Å². The molecular formula is C19H26ClN3O3. The average Bonchev–Trinajstić information content (AvgIpc) is 3.03. The fraction of sp³-hybridized carbons (Fsp3) is 0.526. The van der Waals surface area contributed by atoms with E-state index in [2.05, 4.69) is 5.32 Å². The van der Waals surface area contributed by atoms with Crippen molar-refractivity contribution in [1.82, 2.24) is 10.2 Å². The van der Waals surface area contributed by atoms with E-state index in [1.807, 2.05) is 20.8 Å². The van der Waals surface area contributed by atoms with E-state index >= 15 is 0 Å². The Morgan fingerprint density at radius 3 is 2.50 bits per heavy atom. The zero-order valence-corrected chi connectivity index (χ0v) is 16.4. The molecule has 7 heteroatoms. The van der Waals surface area contributed by atoms with Gasteiger partial charge in [-0.05, 0) is 43.4 Å². The van der Waals surface area contributed by atoms with E-state index < -0.39 is 23.4 Å². The fourth-order valence-corrected chi connectivity index (χ4v) is 3.33. The van der Waals surface area contributed by atoms with Gasteiger partial charge in [0.05, 0.1) is 16.8 Å². The largest absolute Gasteiger partial charge is 0.398 e. The number of nitrogens with one attached hydrogen (secondary N) is 1. The first-order valence-corrected chi connectivity index (χ1v) is 9.07. The zero-order valence-electron chi connectivity index (χ0n) is 15.6. The van der Waals surface area contributed by atoms with Gasteiger partial charge in [0, 0.05) is 12.1 Å². The molecule has 1 fully saturated rings. The van der Waals surface area contributed by atoms with Gasteiger partial charge in [0.2, 0.25) is 5.91 Å². The maximum Gasteiger partial charge on any atom is 0.252 e. The summed E-state index contributed by atoms with van der Waals surface area (Å²) < 4.78 is 0. The molecule has 0 bridgehead atoms. The number of rotatable bonds is 4. The van der Waals surface area contributed by atoms with Crippen molar-refractivity contribution in [2.75, 3.05) is 12.3 Å². The Balaban J connectivity index is 2.24. The number of likely N-dealkylation sites (tertiary alicyclic amines) is 1. The van der Waals surface area contributed by atoms with Crippen LogP contribution in [0.5, 0.6) is 0 Å². The van der Waals surface area contributed by atoms with E-state index in [1.54, 1.807) is 17.0 Å². The molecule has 2 unspecified atom stereocenters. The van der Waals surface area contributed by atoms with Crippen molar-refractivity contribution < 1.29 is 14.4 Å². The minimum atomic E-state index is -0.758. The molecule has 2 rings (SSSR count). The standard InChI is InChI=1S/C19H26ClN3O3/c1-11(24)15-6-5-9-23(15)18(26)16(19(2,3)4)22-17(25)12-7-8-14(21)13(20)10-12/h7-8,10,15-16H,5-6,9,21H2,1-4H3,(H,22,25). The van der Waals surface area contributed by atoms with E-state index in [9.17, 15) is 14.4 Å². The molecule has 0 spiro atoms. The summed E-state index contributed by atoms with van der Waals surface area (Å²) in [5, 5.41) is 3.10. The highest BCUT2D eigenvalue weighted by Gasteiger charge is 2.40. The molecule has 26 heavy (non-hydrogen) atoms. The summed E-state index contributed by atoms with van der Waals surface area (Å²) in [7, 11) is 0. The third-order valence-electron chi connectivity index (χ3n) is 4.66. The first-order valence-electron chi connectivity index (χ1n) is 8.69. The number of carbonyl (C=O) groups is 3. The van der Waals surface area contributed by atoms with Crippen LogP contribution in [-0.2, 0) is 9.59 Å². The van der Waals surface area contributed by atoms with E-state index in [1.165, 1.54) is 13.0 Å². The van der Waals surface area contributed by atoms with Gasteiger partial charge in [-0.25, -0.2) is 0 Å². The van der Waals surface area contributed by atoms with E-state index in [0.29, 0.717) is 24.2 Å². The number of amides is 2. The first-order chi connectivity index (χ1) is 12.0. The summed E-state index contributed by atoms with van der Waals surface area (Å²) in [6.45, 7) is 7.66. The lowest BCUT2D eigenvalue weighted by atomic mass is 9.85. The molecule has 0 aliphatic carbocycles. The monoisotopic (exact) mass is 379 g/mol. The Bertz CT molecular complexity index is 727. The molecule has 0 saturated carbocycles. The van der Waals surface area contributed by atoms with Crippen molar-refractivity contribution in [3.63, 3.8) is 0 Å². The number of benzene rings is 1. The molecule has 1 aliphatic heterocycles. The van der Waals surface area contributed by atoms with Gasteiger partial charge in [-0.15, -0.1) is 0 Å². The number of hydrogen-bond acceptors (Lipinski definition) is 4. The van der Waals surface area contributed by atoms with Crippen LogP contribution in [0.4, 0.5) is 5.69 Å². The smallest absolute Gasteiger partial charge is 0.252 e. The molecule has 1 saturated heterocycles. The predicted molar refractivity (Wildman–Crippen MR) is 102 cm³/mol. The summed E-state index contributed by atoms with van der Waals surface area (Å²) in [4.78, 5) is 39.2. The average molecular weight is 380 g/mol. The van der Waals surface area contributed by atoms with Crippen LogP contribution < -0.4 is 11.1 Å². The van der Waals surface area contributed by atoms with Crippen molar-refractivity contribution >= 4 is 34.9 Å². The van der Waals surface area contributed by atoms with Crippen LogP contribution in [0.1, 0.15) is 50.9 Å². The molecule has 3 N–H and O–H groups in total. The molecule has 142 valence electrons. The van der Waals surface area contributed by atoms with Crippen molar-refractivity contribution in [2.45, 2.75) is 52.6 Å². The second-order valence-corrected chi connectivity index (χ2v) is 8.22. The minimum absolute atomic E-state index is 0.0276. The number of hydrogen-bond donors (Lipinski definition) is 2. The van der Waals surface area contributed by atoms with Crippen LogP contribution in [-0.4, -0.2) is 41.1 Å². The number of Topliss-reactive ketones (excluding diaryl/α,β-unsaturated/α-hetero) is 1. The second-order valence-electron chi connectivity index (χ2n) is 7.81. The molecule has 1 aromatic carbocycles. The second kappa shape index (κ2) is 7.66. The summed E-state index contributed by atoms with van der Waals surface area (Å²) in [5.74, 6) is -0.663. The van der Waals surface area contributed by atoms with Crippen molar-refractivity contribution in [1.29, 1.82) is 0 Å². The lowest BCUT2D eigenvalue weighted by Gasteiger charge is -2.35. The van der Waals surface area contributed by atoms with Crippen molar-refractivity contribution in [3.8, 4) is 0 Å². The highest BCUT2D eigenvalue weighted by molar-refractivity contribution is 6.33. The lowest BCUT2D eigenvalue weighted by Crippen LogP contribution is -2.56. The van der Waals surface area contributed by atoms with Gasteiger partial charge in [0.1, 0.15) is 6.04 Å². The predicted octanol–water partition coefficient (Wildman–Crippen LogP) is 2.65. The first kappa shape index (κ1) is 20.2. The number of anilines is 1. The maximum absolute atomic E-state index is 13.1. The van der Waals surface area contributed by atoms with Crippen LogP contribution >= 0.6 is 11.6 Å². The quantitative estimate of drug-likeness (QED) is 0.786. The van der Waals surface area contributed by atoms with Crippen molar-refractivity contribution in [3.05, 3.63) is 28.8 Å². The highest BCUT2D eigenvalue weighted by Crippen LogP contribution is 2.27. The van der Waals surface area contributed by atoms with Gasteiger partial charge < -0.3 is 16.0 Å². The number of carbonyl (C=O) groups excluding carboxylic acids is 3. The minimum Gasteiger partial charge on any atom is -0.398 e. The highest BCUT2D eigenvalue weighted by atomic mass is 35.5. The van der Waals surface area contributed by atoms with Crippen LogP contribution in [0, 0.1) is 5.41 Å². The molecule has 2 atom stereocenters. The van der Waals surface area contributed by atoms with E-state index in [0.717, 1.165) is 6.42 Å². The Morgan fingerprint density at radius 1 is 1.31 bits per heavy atom. The number of halogens is 1. The zero-order chi connectivity index (χ0) is 19.6. The van der Waals surface area contributed by atoms with Gasteiger partial charge in [-0.1, -0.05) is 32.4 Å². The molecule has 1 aliphatic rings. The molecule has 1 aromatic rings. The molecular weight excluding hydrogens is 354 g/mol. The van der Waals surface area contributed by atoms with Gasteiger partial charge in [-0.2, -0.15) is 0 Å². The normalized spacial score (nSPS) is 18.5. The van der Waals surface area contributed by atoms with Crippen molar-refractivity contribution in [2.24, 2.45) is 5.41 Å². The SMILES string of the molecule is CC(=O)C1CCCN1C(=O)C(NC(=O)c1ccc(N)c(Cl)c1)C(C)(C)C. The number of nitrogens with zero attached hydrogens (tertiary/aromatic N) is 1. The van der Waals surface area contributed by atoms with Gasteiger partial charge >= 0.3 is 0 Å². The lowest BCUT2D eigenvalue weighted by molar-refractivity contribution is -0.140. The molecule has 0 aromatic heterocycles. The molecule has 0 radical (unpaired) electrons. The Labute approximate surface area is 159 Å². The van der Waals surface area contributed by atoms with Crippen LogP contribution in [0.2, 0.25) is 5.02 Å². The summed E-state index contributed by atoms with van der Waals surface area (Å²) in [5.41, 5.74) is 5.87. The summed E-state index contributed by atoms with van der Waals surface area (Å²) in [6, 6.07) is 3.43.